The Kier molecular flexibility index (Phi) is 7.24. The van der Waals surface area contributed by atoms with Crippen molar-refractivity contribution in [2.24, 2.45) is 5.92 Å². The number of hydrogen-bond donors (Lipinski definition) is 0. The van der Waals surface area contributed by atoms with Gasteiger partial charge in [-0.05, 0) is 39.5 Å². The van der Waals surface area contributed by atoms with Gasteiger partial charge < -0.3 is 4.74 Å². The van der Waals surface area contributed by atoms with E-state index >= 15 is 0 Å². The summed E-state index contributed by atoms with van der Waals surface area (Å²) < 4.78 is 5.22. The number of carbonyl (C=O) groups excluding carboxylic acids is 1. The Morgan fingerprint density at radius 2 is 1.93 bits per heavy atom. The number of unbranched alkanes of at least 4 members (excludes halogenated alkanes) is 1. The number of ether oxygens (including phenoxy) is 1. The van der Waals surface area contributed by atoms with Gasteiger partial charge in [-0.25, -0.2) is 0 Å². The first-order chi connectivity index (χ1) is 6.85. The fraction of sp³-hybridized carbons (Fsp3) is 0.917. The number of halogens is 1. The highest BCUT2D eigenvalue weighted by atomic mass is 79.9. The van der Waals surface area contributed by atoms with Crippen LogP contribution in [0, 0.1) is 5.92 Å². The summed E-state index contributed by atoms with van der Waals surface area (Å²) in [4.78, 5) is 11.3. The molecule has 15 heavy (non-hydrogen) atoms. The molecule has 0 spiro atoms. The molecule has 3 heteroatoms. The summed E-state index contributed by atoms with van der Waals surface area (Å²) in [6.07, 6.45) is 3.76. The van der Waals surface area contributed by atoms with Gasteiger partial charge in [-0.1, -0.05) is 29.3 Å². The van der Waals surface area contributed by atoms with Crippen LogP contribution < -0.4 is 0 Å². The molecule has 0 radical (unpaired) electrons. The average molecular weight is 279 g/mol. The summed E-state index contributed by atoms with van der Waals surface area (Å²) in [5.74, 6) is 0.623. The van der Waals surface area contributed by atoms with Crippen molar-refractivity contribution in [3.8, 4) is 0 Å². The third-order valence-corrected chi connectivity index (χ3v) is 3.12. The van der Waals surface area contributed by atoms with Gasteiger partial charge in [0.15, 0.2) is 0 Å². The standard InChI is InChI=1S/C12H23BrO2/c1-10(9-13)7-5-6-8-11(14)15-12(2,3)4/h10H,5-9H2,1-4H3/t10-/m1/s1. The normalized spacial score (nSPS) is 13.7. The van der Waals surface area contributed by atoms with Crippen LogP contribution in [0.2, 0.25) is 0 Å². The molecule has 1 atom stereocenters. The molecule has 0 rings (SSSR count). The first kappa shape index (κ1) is 14.9. The molecule has 0 aliphatic rings. The molecule has 0 heterocycles. The van der Waals surface area contributed by atoms with Crippen molar-refractivity contribution in [3.05, 3.63) is 0 Å². The van der Waals surface area contributed by atoms with Gasteiger partial charge in [-0.15, -0.1) is 0 Å². The molecule has 90 valence electrons. The van der Waals surface area contributed by atoms with Crippen molar-refractivity contribution >= 4 is 21.9 Å². The maximum absolute atomic E-state index is 11.3. The zero-order valence-corrected chi connectivity index (χ0v) is 11.9. The summed E-state index contributed by atoms with van der Waals surface area (Å²) in [6.45, 7) is 7.91. The minimum Gasteiger partial charge on any atom is -0.460 e. The Morgan fingerprint density at radius 3 is 2.40 bits per heavy atom. The van der Waals surface area contributed by atoms with Crippen molar-refractivity contribution in [2.75, 3.05) is 5.33 Å². The van der Waals surface area contributed by atoms with E-state index in [1.54, 1.807) is 0 Å². The van der Waals surface area contributed by atoms with E-state index in [-0.39, 0.29) is 11.6 Å². The van der Waals surface area contributed by atoms with E-state index in [2.05, 4.69) is 22.9 Å². The fourth-order valence-electron chi connectivity index (χ4n) is 1.23. The van der Waals surface area contributed by atoms with Gasteiger partial charge in [0.2, 0.25) is 0 Å². The Balaban J connectivity index is 3.48. The minimum atomic E-state index is -0.347. The second kappa shape index (κ2) is 7.26. The first-order valence-corrected chi connectivity index (χ1v) is 6.75. The number of esters is 1. The number of alkyl halides is 1. The largest absolute Gasteiger partial charge is 0.460 e. The summed E-state index contributed by atoms with van der Waals surface area (Å²) in [5.41, 5.74) is -0.347. The van der Waals surface area contributed by atoms with Gasteiger partial charge >= 0.3 is 5.97 Å². The lowest BCUT2D eigenvalue weighted by atomic mass is 10.1. The van der Waals surface area contributed by atoms with Crippen LogP contribution in [-0.4, -0.2) is 16.9 Å². The third-order valence-electron chi connectivity index (χ3n) is 2.01. The predicted molar refractivity (Wildman–Crippen MR) is 67.3 cm³/mol. The molecule has 0 aromatic carbocycles. The van der Waals surface area contributed by atoms with Crippen LogP contribution in [0.1, 0.15) is 53.4 Å². The van der Waals surface area contributed by atoms with Crippen LogP contribution >= 0.6 is 15.9 Å². The topological polar surface area (TPSA) is 26.3 Å². The van der Waals surface area contributed by atoms with Crippen LogP contribution in [0.5, 0.6) is 0 Å². The lowest BCUT2D eigenvalue weighted by Crippen LogP contribution is -2.23. The quantitative estimate of drug-likeness (QED) is 0.418. The van der Waals surface area contributed by atoms with Crippen molar-refractivity contribution in [1.29, 1.82) is 0 Å². The summed E-state index contributed by atoms with van der Waals surface area (Å²) >= 11 is 3.44. The summed E-state index contributed by atoms with van der Waals surface area (Å²) in [5, 5.41) is 1.04. The Morgan fingerprint density at radius 1 is 1.33 bits per heavy atom. The molecule has 0 aliphatic heterocycles. The summed E-state index contributed by atoms with van der Waals surface area (Å²) in [6, 6.07) is 0. The maximum atomic E-state index is 11.3. The van der Waals surface area contributed by atoms with Crippen LogP contribution in [0.4, 0.5) is 0 Å². The molecule has 0 aromatic rings. The average Bonchev–Trinajstić information content (AvgIpc) is 2.09. The van der Waals surface area contributed by atoms with Crippen LogP contribution in [-0.2, 0) is 9.53 Å². The highest BCUT2D eigenvalue weighted by Gasteiger charge is 2.15. The smallest absolute Gasteiger partial charge is 0.306 e. The van der Waals surface area contributed by atoms with Gasteiger partial charge in [-0.3, -0.25) is 4.79 Å². The van der Waals surface area contributed by atoms with Crippen LogP contribution in [0.25, 0.3) is 0 Å². The van der Waals surface area contributed by atoms with Crippen LogP contribution in [0.3, 0.4) is 0 Å². The first-order valence-electron chi connectivity index (χ1n) is 5.63. The van der Waals surface area contributed by atoms with Crippen molar-refractivity contribution in [1.82, 2.24) is 0 Å². The van der Waals surface area contributed by atoms with Gasteiger partial charge in [0.1, 0.15) is 5.60 Å². The van der Waals surface area contributed by atoms with E-state index < -0.39 is 0 Å². The van der Waals surface area contributed by atoms with Gasteiger partial charge in [0, 0.05) is 11.8 Å². The van der Waals surface area contributed by atoms with E-state index in [0.717, 1.165) is 18.2 Å². The van der Waals surface area contributed by atoms with E-state index in [0.29, 0.717) is 12.3 Å². The molecule has 0 aromatic heterocycles. The van der Waals surface area contributed by atoms with Gasteiger partial charge in [0.05, 0.1) is 0 Å². The van der Waals surface area contributed by atoms with E-state index in [1.807, 2.05) is 20.8 Å². The molecule has 0 amide bonds. The Labute approximate surface area is 102 Å². The molecule has 0 aliphatic carbocycles. The van der Waals surface area contributed by atoms with Gasteiger partial charge in [-0.2, -0.15) is 0 Å². The molecular formula is C12H23BrO2. The third kappa shape index (κ3) is 10.2. The van der Waals surface area contributed by atoms with Crippen molar-refractivity contribution < 1.29 is 9.53 Å². The number of rotatable bonds is 6. The van der Waals surface area contributed by atoms with E-state index in [4.69, 9.17) is 4.74 Å². The zero-order chi connectivity index (χ0) is 11.9. The lowest BCUT2D eigenvalue weighted by molar-refractivity contribution is -0.154. The molecular weight excluding hydrogens is 256 g/mol. The summed E-state index contributed by atoms with van der Waals surface area (Å²) in [7, 11) is 0. The maximum Gasteiger partial charge on any atom is 0.306 e. The van der Waals surface area contributed by atoms with Crippen molar-refractivity contribution in [2.45, 2.75) is 59.0 Å². The number of carbonyl (C=O) groups is 1. The van der Waals surface area contributed by atoms with Gasteiger partial charge in [0.25, 0.3) is 0 Å². The van der Waals surface area contributed by atoms with Crippen molar-refractivity contribution in [3.63, 3.8) is 0 Å². The molecule has 0 unspecified atom stereocenters. The molecule has 0 fully saturated rings. The second-order valence-corrected chi connectivity index (χ2v) is 5.74. The minimum absolute atomic E-state index is 0.0750. The molecule has 2 nitrogen and oxygen atoms in total. The van der Waals surface area contributed by atoms with E-state index in [9.17, 15) is 4.79 Å². The molecule has 0 N–H and O–H groups in total. The Hall–Kier alpha value is -0.0500. The predicted octanol–water partition coefficient (Wildman–Crippen LogP) is 3.92. The SMILES string of the molecule is C[C@@H](CBr)CCCCC(=O)OC(C)(C)C. The molecule has 0 bridgehead atoms. The highest BCUT2D eigenvalue weighted by Crippen LogP contribution is 2.13. The second-order valence-electron chi connectivity index (χ2n) is 5.09. The zero-order valence-electron chi connectivity index (χ0n) is 10.3. The lowest BCUT2D eigenvalue weighted by Gasteiger charge is -2.19. The monoisotopic (exact) mass is 278 g/mol. The highest BCUT2D eigenvalue weighted by molar-refractivity contribution is 9.09. The fourth-order valence-corrected chi connectivity index (χ4v) is 1.56. The molecule has 0 saturated heterocycles. The van der Waals surface area contributed by atoms with E-state index in [1.165, 1.54) is 6.42 Å². The Bertz CT molecular complexity index is 185. The number of hydrogen-bond acceptors (Lipinski definition) is 2. The molecule has 0 saturated carbocycles. The van der Waals surface area contributed by atoms with Crippen LogP contribution in [0.15, 0.2) is 0 Å².